The first-order chi connectivity index (χ1) is 37.3. The Kier molecular flexibility index (Phi) is 15.2. The number of allylic oxidation sites excluding steroid dienone is 4. The number of aromatic hydroxyl groups is 1. The summed E-state index contributed by atoms with van der Waals surface area (Å²) in [6, 6.07) is 1.41. The average Bonchev–Trinajstić information content (AvgIpc) is 4.26. The van der Waals surface area contributed by atoms with E-state index in [1.165, 1.54) is 59.1 Å². The number of aromatic carboxylic acids is 1. The SMILES string of the molecule is CO[C@H]1/C=C/O[C@@]2(C)Oc3c(C)c(O)c4c(c3C2=O)C(=O)C(/C=N\N2CC3CN(c5c(F)cn6c(=O)c(C(=O)O)cc(C7CC7)c6c5C)CC3C2)=C(NC(=O)/C(C)=C\C=C\[C@H](C)[C@H](O)[C@@H](C)[C@@H](O)[C@@H](C)[C@H](OC(C)=O)[C@@H]1C)C4=O. The number of hydrogen-bond donors (Lipinski definition) is 5. The number of phenols is 1. The van der Waals surface area contributed by atoms with Crippen LogP contribution in [-0.2, 0) is 23.8 Å². The minimum absolute atomic E-state index is 0.0469. The Morgan fingerprint density at radius 3 is 2.19 bits per heavy atom. The van der Waals surface area contributed by atoms with Crippen LogP contribution in [0.3, 0.4) is 0 Å². The second-order valence-corrected chi connectivity index (χ2v) is 22.2. The number of carboxylic acid groups (broad SMARTS) is 1. The van der Waals surface area contributed by atoms with Gasteiger partial charge in [-0.15, -0.1) is 0 Å². The van der Waals surface area contributed by atoms with Gasteiger partial charge in [0.1, 0.15) is 28.9 Å². The molecule has 5 bridgehead atoms. The molecule has 0 spiro atoms. The molecule has 3 aromatic rings. The predicted octanol–water partition coefficient (Wildman–Crippen LogP) is 5.69. The molecule has 1 saturated carbocycles. The Balaban J connectivity index is 1.06. The number of ketones is 3. The molecule has 2 aliphatic carbocycles. The highest BCUT2D eigenvalue weighted by Crippen LogP contribution is 2.49. The number of aryl methyl sites for hydroxylation is 1. The molecule has 5 aliphatic heterocycles. The maximum Gasteiger partial charge on any atom is 0.341 e. The third-order valence-corrected chi connectivity index (χ3v) is 16.8. The number of aromatic nitrogens is 1. The van der Waals surface area contributed by atoms with E-state index < -0.39 is 134 Å². The minimum atomic E-state index is -2.18. The quantitative estimate of drug-likeness (QED) is 0.140. The normalized spacial score (nSPS) is 31.0. The number of carboxylic acids is 1. The molecule has 21 heteroatoms. The molecule has 10 rings (SSSR count). The number of methoxy groups -OCH3 is 1. The number of anilines is 1. The predicted molar refractivity (Wildman–Crippen MR) is 285 cm³/mol. The van der Waals surface area contributed by atoms with Crippen molar-refractivity contribution in [2.75, 3.05) is 38.2 Å². The molecule has 7 heterocycles. The number of nitrogens with one attached hydrogen (secondary N) is 1. The number of hydrazone groups is 1. The molecule has 11 atom stereocenters. The summed E-state index contributed by atoms with van der Waals surface area (Å²) < 4.78 is 41.0. The van der Waals surface area contributed by atoms with Crippen molar-refractivity contribution >= 4 is 52.6 Å². The lowest BCUT2D eigenvalue weighted by atomic mass is 9.78. The highest BCUT2D eigenvalue weighted by Gasteiger charge is 2.53. The van der Waals surface area contributed by atoms with Gasteiger partial charge >= 0.3 is 17.7 Å². The minimum Gasteiger partial charge on any atom is -0.507 e. The number of halogens is 1. The van der Waals surface area contributed by atoms with Crippen LogP contribution in [0.2, 0.25) is 0 Å². The number of hydrogen-bond acceptors (Lipinski definition) is 17. The van der Waals surface area contributed by atoms with Crippen LogP contribution in [0.4, 0.5) is 10.1 Å². The van der Waals surface area contributed by atoms with Crippen LogP contribution < -0.4 is 20.5 Å². The first kappa shape index (κ1) is 56.2. The number of pyridine rings is 2. The Labute approximate surface area is 454 Å². The largest absolute Gasteiger partial charge is 0.507 e. The number of phenolic OH excluding ortho intramolecular Hbond substituents is 1. The zero-order valence-electron chi connectivity index (χ0n) is 45.7. The number of benzene rings is 1. The second-order valence-electron chi connectivity index (χ2n) is 22.2. The average molecular weight is 1090 g/mol. The number of esters is 1. The number of nitrogens with zero attached hydrogens (tertiary/aromatic N) is 4. The summed E-state index contributed by atoms with van der Waals surface area (Å²) in [4.78, 5) is 98.4. The third-order valence-electron chi connectivity index (χ3n) is 16.8. The van der Waals surface area contributed by atoms with E-state index in [0.29, 0.717) is 48.5 Å². The molecule has 2 unspecified atom stereocenters. The second kappa shape index (κ2) is 21.3. The van der Waals surface area contributed by atoms with Gasteiger partial charge < -0.3 is 49.6 Å². The summed E-state index contributed by atoms with van der Waals surface area (Å²) in [6.07, 6.45) is 6.86. The highest BCUT2D eigenvalue weighted by atomic mass is 19.1. The molecule has 5 N–H and O–H groups in total. The smallest absolute Gasteiger partial charge is 0.341 e. The summed E-state index contributed by atoms with van der Waals surface area (Å²) in [5.74, 6) is -12.2. The van der Waals surface area contributed by atoms with Crippen molar-refractivity contribution in [3.8, 4) is 11.5 Å². The molecule has 2 saturated heterocycles. The standard InChI is InChI=1S/C58H66FN5O15/c1-25-12-11-13-26(2)55(72)61-44-38(19-60-63-22-34-20-62(21-35(34)23-63)46-28(4)45-36(33-14-15-33)18-37(57(74)75)56(73)64(45)24-39(46)59)50(69)41-42(51(44)70)49(68)31(7)53-43(41)54(71)58(9,79-53)77-17-16-40(76-10)27(3)52(78-32(8)65)30(6)48(67)29(5)47(25)66/h11-13,16-19,24-25,27,29-30,33-35,40,47-48,52,66-68H,14-15,20-23H2,1-10H3,(H,61,72)(H,74,75)/b12-11+,17-16+,26-13-,60-19-/t25-,27+,29+,30+,34?,35?,40-,47-,48+,52+,58-/m0/s1. The van der Waals surface area contributed by atoms with Crippen molar-refractivity contribution in [2.24, 2.45) is 40.6 Å². The number of ether oxygens (including phenoxy) is 4. The number of rotatable bonds is 7. The Bertz CT molecular complexity index is 3320. The van der Waals surface area contributed by atoms with E-state index in [2.05, 4.69) is 10.4 Å². The van der Waals surface area contributed by atoms with Crippen LogP contribution in [0.15, 0.2) is 69.6 Å². The molecule has 1 aromatic carbocycles. The van der Waals surface area contributed by atoms with Gasteiger partial charge in [-0.2, -0.15) is 5.10 Å². The van der Waals surface area contributed by atoms with E-state index >= 15 is 9.18 Å². The van der Waals surface area contributed by atoms with Crippen molar-refractivity contribution < 1.29 is 72.5 Å². The molecular weight excluding hydrogens is 1030 g/mol. The van der Waals surface area contributed by atoms with Crippen LogP contribution in [0.25, 0.3) is 5.52 Å². The zero-order chi connectivity index (χ0) is 57.4. The number of carbonyl (C=O) groups is 6. The summed E-state index contributed by atoms with van der Waals surface area (Å²) in [5.41, 5.74) is -1.58. The summed E-state index contributed by atoms with van der Waals surface area (Å²) in [5, 5.41) is 53.6. The van der Waals surface area contributed by atoms with Gasteiger partial charge in [0, 0.05) is 93.8 Å². The first-order valence-electron chi connectivity index (χ1n) is 26.5. The Morgan fingerprint density at radius 1 is 0.899 bits per heavy atom. The monoisotopic (exact) mass is 1090 g/mol. The van der Waals surface area contributed by atoms with E-state index in [-0.39, 0.29) is 40.2 Å². The lowest BCUT2D eigenvalue weighted by molar-refractivity contribution is -0.160. The maximum absolute atomic E-state index is 16.2. The fourth-order valence-electron chi connectivity index (χ4n) is 12.1. The lowest BCUT2D eigenvalue weighted by Crippen LogP contribution is -2.46. The van der Waals surface area contributed by atoms with Crippen molar-refractivity contribution in [3.63, 3.8) is 0 Å². The van der Waals surface area contributed by atoms with Gasteiger partial charge in [0.2, 0.25) is 5.78 Å². The fraction of sp³-hybridized carbons (Fsp3) is 0.483. The summed E-state index contributed by atoms with van der Waals surface area (Å²) >= 11 is 0. The molecule has 0 radical (unpaired) electrons. The van der Waals surface area contributed by atoms with Gasteiger partial charge in [-0.05, 0) is 62.8 Å². The van der Waals surface area contributed by atoms with E-state index in [4.69, 9.17) is 18.9 Å². The molecule has 7 aliphatic rings. The van der Waals surface area contributed by atoms with E-state index in [1.807, 2.05) is 4.90 Å². The van der Waals surface area contributed by atoms with Gasteiger partial charge in [0.25, 0.3) is 17.2 Å². The molecule has 3 fully saturated rings. The van der Waals surface area contributed by atoms with Crippen molar-refractivity contribution in [3.05, 3.63) is 115 Å². The van der Waals surface area contributed by atoms with Gasteiger partial charge in [0.05, 0.1) is 70.5 Å². The summed E-state index contributed by atoms with van der Waals surface area (Å²) in [6.45, 7) is 15.3. The van der Waals surface area contributed by atoms with Gasteiger partial charge in [0.15, 0.2) is 11.6 Å². The zero-order valence-corrected chi connectivity index (χ0v) is 45.7. The molecule has 1 amide bonds. The first-order valence-corrected chi connectivity index (χ1v) is 26.5. The fourth-order valence-corrected chi connectivity index (χ4v) is 12.1. The topological polar surface area (TPSA) is 273 Å². The van der Waals surface area contributed by atoms with Crippen molar-refractivity contribution in [1.82, 2.24) is 14.7 Å². The van der Waals surface area contributed by atoms with Gasteiger partial charge in [-0.25, -0.2) is 9.18 Å². The van der Waals surface area contributed by atoms with Crippen molar-refractivity contribution in [1.29, 1.82) is 0 Å². The molecular formula is C58H66FN5O15. The van der Waals surface area contributed by atoms with Gasteiger partial charge in [-0.3, -0.25) is 38.2 Å². The molecule has 2 aromatic heterocycles. The molecule has 420 valence electrons. The van der Waals surface area contributed by atoms with E-state index in [9.17, 15) is 49.2 Å². The molecule has 20 nitrogen and oxygen atoms in total. The van der Waals surface area contributed by atoms with Crippen LogP contribution in [0.1, 0.15) is 125 Å². The van der Waals surface area contributed by atoms with E-state index in [1.54, 1.807) is 45.7 Å². The lowest BCUT2D eigenvalue weighted by Gasteiger charge is -2.38. The van der Waals surface area contributed by atoms with E-state index in [0.717, 1.165) is 35.9 Å². The highest BCUT2D eigenvalue weighted by molar-refractivity contribution is 6.37. The third kappa shape index (κ3) is 9.94. The number of Topliss-reactive ketones (excluding diaryl/α,β-unsaturated/α-hetero) is 3. The van der Waals surface area contributed by atoms with Crippen LogP contribution in [0, 0.1) is 55.2 Å². The number of amides is 1. The maximum atomic E-state index is 16.2. The number of aliphatic hydroxyl groups is 2. The Hall–Kier alpha value is -7.49. The number of carbonyl (C=O) groups excluding carboxylic acids is 5. The van der Waals surface area contributed by atoms with Gasteiger partial charge in [-0.1, -0.05) is 45.9 Å². The van der Waals surface area contributed by atoms with Crippen LogP contribution in [0.5, 0.6) is 11.5 Å². The summed E-state index contributed by atoms with van der Waals surface area (Å²) in [7, 11) is 1.40. The Morgan fingerprint density at radius 2 is 1.57 bits per heavy atom. The number of fused-ring (bicyclic) bond motifs is 16. The van der Waals surface area contributed by atoms with Crippen molar-refractivity contribution in [2.45, 2.75) is 111 Å². The van der Waals surface area contributed by atoms with Crippen LogP contribution >= 0.6 is 0 Å². The molecule has 79 heavy (non-hydrogen) atoms. The number of aliphatic hydroxyl groups excluding tert-OH is 2. The van der Waals surface area contributed by atoms with Crippen LogP contribution in [-0.4, -0.2) is 135 Å².